The molecule has 166 valence electrons. The minimum Gasteiger partial charge on any atom is -0.339 e. The molecule has 0 aliphatic carbocycles. The van der Waals surface area contributed by atoms with Gasteiger partial charge in [0.2, 0.25) is 5.91 Å². The van der Waals surface area contributed by atoms with Gasteiger partial charge in [0.25, 0.3) is 0 Å². The first-order chi connectivity index (χ1) is 14.9. The van der Waals surface area contributed by atoms with Crippen molar-refractivity contribution in [3.8, 4) is 0 Å². The highest BCUT2D eigenvalue weighted by atomic mass is 19.2. The van der Waals surface area contributed by atoms with E-state index in [1.807, 2.05) is 9.80 Å². The fourth-order valence-corrected chi connectivity index (χ4v) is 4.46. The van der Waals surface area contributed by atoms with Crippen molar-refractivity contribution in [3.63, 3.8) is 0 Å². The Morgan fingerprint density at radius 1 is 0.839 bits per heavy atom. The number of carbonyl (C=O) groups is 1. The van der Waals surface area contributed by atoms with Gasteiger partial charge in [0.05, 0.1) is 12.1 Å². The molecule has 8 heteroatoms. The van der Waals surface area contributed by atoms with Gasteiger partial charge in [0, 0.05) is 26.2 Å². The van der Waals surface area contributed by atoms with Crippen molar-refractivity contribution < 1.29 is 22.4 Å². The van der Waals surface area contributed by atoms with Crippen molar-refractivity contribution >= 4 is 5.91 Å². The van der Waals surface area contributed by atoms with Gasteiger partial charge in [-0.1, -0.05) is 18.6 Å². The summed E-state index contributed by atoms with van der Waals surface area (Å²) in [6, 6.07) is 6.40. The largest absolute Gasteiger partial charge is 0.339 e. The smallest absolute Gasteiger partial charge is 0.239 e. The van der Waals surface area contributed by atoms with Crippen LogP contribution in [-0.2, 0) is 4.79 Å². The van der Waals surface area contributed by atoms with Crippen molar-refractivity contribution in [3.05, 3.63) is 70.8 Å². The minimum atomic E-state index is -0.998. The second-order valence-corrected chi connectivity index (χ2v) is 8.11. The van der Waals surface area contributed by atoms with E-state index in [9.17, 15) is 22.4 Å². The maximum atomic E-state index is 14.0. The number of halogens is 4. The van der Waals surface area contributed by atoms with Gasteiger partial charge in [-0.15, -0.1) is 0 Å². The number of hydrogen-bond donors (Lipinski definition) is 1. The summed E-state index contributed by atoms with van der Waals surface area (Å²) in [6.07, 6.45) is 2.92. The first-order valence-corrected chi connectivity index (χ1v) is 10.6. The van der Waals surface area contributed by atoms with Crippen molar-refractivity contribution in [1.29, 1.82) is 0 Å². The van der Waals surface area contributed by atoms with E-state index in [1.165, 1.54) is 12.1 Å². The molecule has 2 aromatic rings. The lowest BCUT2D eigenvalue weighted by Crippen LogP contribution is -2.55. The lowest BCUT2D eigenvalue weighted by Gasteiger charge is -2.41. The van der Waals surface area contributed by atoms with E-state index in [0.29, 0.717) is 37.3 Å². The van der Waals surface area contributed by atoms with Gasteiger partial charge in [-0.05, 0) is 54.8 Å². The number of rotatable bonds is 4. The third-order valence-corrected chi connectivity index (χ3v) is 6.12. The van der Waals surface area contributed by atoms with Gasteiger partial charge in [-0.25, -0.2) is 17.6 Å². The second-order valence-electron chi connectivity index (χ2n) is 8.11. The highest BCUT2D eigenvalue weighted by molar-refractivity contribution is 5.82. The molecule has 2 aromatic carbocycles. The Hall–Kier alpha value is -2.45. The molecule has 0 saturated carbocycles. The Labute approximate surface area is 178 Å². The fraction of sp³-hybridized carbons (Fsp3) is 0.435. The summed E-state index contributed by atoms with van der Waals surface area (Å²) >= 11 is 0. The zero-order valence-electron chi connectivity index (χ0n) is 17.1. The summed E-state index contributed by atoms with van der Waals surface area (Å²) in [4.78, 5) is 16.6. The predicted octanol–water partition coefficient (Wildman–Crippen LogP) is 3.62. The highest BCUT2D eigenvalue weighted by Gasteiger charge is 2.32. The number of amides is 1. The van der Waals surface area contributed by atoms with Gasteiger partial charge >= 0.3 is 0 Å². The Balaban J connectivity index is 1.55. The van der Waals surface area contributed by atoms with E-state index < -0.39 is 29.3 Å². The van der Waals surface area contributed by atoms with Crippen LogP contribution in [0, 0.1) is 23.3 Å². The molecule has 1 N–H and O–H groups in total. The summed E-state index contributed by atoms with van der Waals surface area (Å²) < 4.78 is 54.9. The molecular formula is C23H25F4N3O. The van der Waals surface area contributed by atoms with Gasteiger partial charge < -0.3 is 10.2 Å². The van der Waals surface area contributed by atoms with Crippen LogP contribution in [0.25, 0.3) is 0 Å². The Morgan fingerprint density at radius 3 is 1.90 bits per heavy atom. The van der Waals surface area contributed by atoms with Crippen LogP contribution in [0.1, 0.15) is 36.4 Å². The SMILES string of the molecule is O=C([C@@H]1CCCCN1)N1CCN(C(c2ccc(F)c(F)c2)c2ccc(F)c(F)c2)CC1. The zero-order valence-corrected chi connectivity index (χ0v) is 17.1. The molecule has 0 spiro atoms. The topological polar surface area (TPSA) is 35.6 Å². The van der Waals surface area contributed by atoms with E-state index in [4.69, 9.17) is 0 Å². The van der Waals surface area contributed by atoms with Crippen LogP contribution in [0.3, 0.4) is 0 Å². The average Bonchev–Trinajstić information content (AvgIpc) is 2.79. The number of nitrogens with zero attached hydrogens (tertiary/aromatic N) is 2. The number of piperazine rings is 1. The van der Waals surface area contributed by atoms with Crippen molar-refractivity contribution in [1.82, 2.24) is 15.1 Å². The van der Waals surface area contributed by atoms with Crippen LogP contribution in [0.5, 0.6) is 0 Å². The van der Waals surface area contributed by atoms with Crippen molar-refractivity contribution in [2.75, 3.05) is 32.7 Å². The number of piperidine rings is 1. The zero-order chi connectivity index (χ0) is 22.0. The molecule has 1 amide bonds. The summed E-state index contributed by atoms with van der Waals surface area (Å²) in [6.45, 7) is 2.73. The van der Waals surface area contributed by atoms with E-state index in [1.54, 1.807) is 0 Å². The van der Waals surface area contributed by atoms with E-state index in [0.717, 1.165) is 50.1 Å². The number of hydrogen-bond acceptors (Lipinski definition) is 3. The molecule has 2 aliphatic rings. The lowest BCUT2D eigenvalue weighted by atomic mass is 9.95. The van der Waals surface area contributed by atoms with Crippen LogP contribution in [0.4, 0.5) is 17.6 Å². The van der Waals surface area contributed by atoms with E-state index >= 15 is 0 Å². The summed E-state index contributed by atoms with van der Waals surface area (Å²) in [7, 11) is 0. The molecule has 0 aromatic heterocycles. The Kier molecular flexibility index (Phi) is 6.57. The fourth-order valence-electron chi connectivity index (χ4n) is 4.46. The average molecular weight is 435 g/mol. The monoisotopic (exact) mass is 435 g/mol. The molecule has 4 nitrogen and oxygen atoms in total. The van der Waals surface area contributed by atoms with Gasteiger partial charge in [0.1, 0.15) is 0 Å². The lowest BCUT2D eigenvalue weighted by molar-refractivity contribution is -0.136. The quantitative estimate of drug-likeness (QED) is 0.746. The van der Waals surface area contributed by atoms with E-state index in [2.05, 4.69) is 5.32 Å². The highest BCUT2D eigenvalue weighted by Crippen LogP contribution is 2.31. The van der Waals surface area contributed by atoms with Crippen LogP contribution < -0.4 is 5.32 Å². The predicted molar refractivity (Wildman–Crippen MR) is 108 cm³/mol. The molecule has 4 rings (SSSR count). The Bertz CT molecular complexity index is 889. The van der Waals surface area contributed by atoms with Crippen LogP contribution in [0.15, 0.2) is 36.4 Å². The van der Waals surface area contributed by atoms with Gasteiger partial charge in [0.15, 0.2) is 23.3 Å². The molecule has 1 atom stereocenters. The summed E-state index contributed by atoms with van der Waals surface area (Å²) in [5.74, 6) is -3.85. The van der Waals surface area contributed by atoms with Crippen LogP contribution in [0.2, 0.25) is 0 Å². The van der Waals surface area contributed by atoms with Crippen molar-refractivity contribution in [2.24, 2.45) is 0 Å². The molecule has 2 heterocycles. The first kappa shape index (κ1) is 21.8. The maximum absolute atomic E-state index is 14.0. The molecular weight excluding hydrogens is 410 g/mol. The normalized spacial score (nSPS) is 20.3. The molecule has 0 radical (unpaired) electrons. The minimum absolute atomic E-state index is 0.0801. The standard InChI is InChI=1S/C23H25F4N3O/c24-17-6-4-15(13-19(17)26)22(16-5-7-18(25)20(27)14-16)29-9-11-30(12-10-29)23(31)21-3-1-2-8-28-21/h4-7,13-14,21-22,28H,1-3,8-12H2/t21-/m0/s1. The maximum Gasteiger partial charge on any atom is 0.239 e. The third kappa shape index (κ3) is 4.75. The van der Waals surface area contributed by atoms with Crippen molar-refractivity contribution in [2.45, 2.75) is 31.3 Å². The molecule has 31 heavy (non-hydrogen) atoms. The molecule has 2 saturated heterocycles. The molecule has 0 bridgehead atoms. The number of nitrogens with one attached hydrogen (secondary N) is 1. The third-order valence-electron chi connectivity index (χ3n) is 6.12. The first-order valence-electron chi connectivity index (χ1n) is 10.6. The van der Waals surface area contributed by atoms with Gasteiger partial charge in [-0.3, -0.25) is 9.69 Å². The van der Waals surface area contributed by atoms with Crippen LogP contribution >= 0.6 is 0 Å². The molecule has 2 aliphatic heterocycles. The number of carbonyl (C=O) groups excluding carboxylic acids is 1. The van der Waals surface area contributed by atoms with E-state index in [-0.39, 0.29) is 11.9 Å². The van der Waals surface area contributed by atoms with Crippen LogP contribution in [-0.4, -0.2) is 54.5 Å². The molecule has 2 fully saturated rings. The van der Waals surface area contributed by atoms with Gasteiger partial charge in [-0.2, -0.15) is 0 Å². The summed E-state index contributed by atoms with van der Waals surface area (Å²) in [5.41, 5.74) is 0.886. The number of benzene rings is 2. The molecule has 0 unspecified atom stereocenters. The summed E-state index contributed by atoms with van der Waals surface area (Å²) in [5, 5.41) is 3.27. The second kappa shape index (κ2) is 9.36. The Morgan fingerprint density at radius 2 is 1.42 bits per heavy atom.